The molecule has 1 aliphatic heterocycles. The van der Waals surface area contributed by atoms with Gasteiger partial charge >= 0.3 is 0 Å². The number of carbonyl (C=O) groups is 2. The molecule has 7 nitrogen and oxygen atoms in total. The number of rotatable bonds is 5. The van der Waals surface area contributed by atoms with Crippen molar-refractivity contribution < 1.29 is 18.4 Å². The molecule has 2 amide bonds. The minimum absolute atomic E-state index is 0.00436. The lowest BCUT2D eigenvalue weighted by molar-refractivity contribution is -0.123. The smallest absolute Gasteiger partial charge is 0.257 e. The van der Waals surface area contributed by atoms with Crippen molar-refractivity contribution >= 4 is 35.1 Å². The third kappa shape index (κ3) is 4.64. The number of carbonyl (C=O) groups excluding carboxylic acids is 2. The van der Waals surface area contributed by atoms with Gasteiger partial charge in [-0.15, -0.1) is 0 Å². The molecule has 0 fully saturated rings. The number of hydrogen-bond donors (Lipinski definition) is 3. The third-order valence-corrected chi connectivity index (χ3v) is 5.60. The molecule has 0 saturated heterocycles. The van der Waals surface area contributed by atoms with E-state index in [0.29, 0.717) is 11.3 Å². The van der Waals surface area contributed by atoms with Gasteiger partial charge in [-0.05, 0) is 35.9 Å². The van der Waals surface area contributed by atoms with Crippen LogP contribution in [0.4, 0.5) is 20.3 Å². The molecule has 1 atom stereocenters. The first kappa shape index (κ1) is 20.7. The summed E-state index contributed by atoms with van der Waals surface area (Å²) in [5.41, 5.74) is 0.239. The van der Waals surface area contributed by atoms with E-state index in [9.17, 15) is 23.2 Å². The zero-order valence-electron chi connectivity index (χ0n) is 15.9. The molecule has 2 aromatic carbocycles. The van der Waals surface area contributed by atoms with Crippen molar-refractivity contribution in [3.8, 4) is 0 Å². The summed E-state index contributed by atoms with van der Waals surface area (Å²) < 4.78 is 26.9. The number of anilines is 2. The predicted octanol–water partition coefficient (Wildman–Crippen LogP) is 3.40. The Hall–Kier alpha value is -3.53. The van der Waals surface area contributed by atoms with Gasteiger partial charge in [0, 0.05) is 17.9 Å². The summed E-state index contributed by atoms with van der Waals surface area (Å²) in [5, 5.41) is 5.29. The van der Waals surface area contributed by atoms with Crippen LogP contribution in [-0.4, -0.2) is 21.8 Å². The van der Waals surface area contributed by atoms with Gasteiger partial charge in [0.2, 0.25) is 11.8 Å². The van der Waals surface area contributed by atoms with E-state index >= 15 is 0 Å². The monoisotopic (exact) mass is 442 g/mol. The standard InChI is InChI=1S/C21H16F2N4O3S/c22-12-5-7-13(8-6-12)24-19(29)14-9-16(28)25-18-17(14)20(30)27-21(26-18)31-10-11-3-1-2-4-15(11)23/h1-8,14H,9-10H2,(H,24,29)(H2,25,26,27,28,30)/t14-/m0/s1. The van der Waals surface area contributed by atoms with Gasteiger partial charge in [0.05, 0.1) is 11.5 Å². The van der Waals surface area contributed by atoms with Crippen LogP contribution in [0, 0.1) is 11.6 Å². The van der Waals surface area contributed by atoms with Crippen LogP contribution in [0.25, 0.3) is 0 Å². The Morgan fingerprint density at radius 1 is 1.13 bits per heavy atom. The lowest BCUT2D eigenvalue weighted by Gasteiger charge is -2.23. The van der Waals surface area contributed by atoms with Gasteiger partial charge < -0.3 is 15.6 Å². The summed E-state index contributed by atoms with van der Waals surface area (Å²) in [6.07, 6.45) is -0.230. The van der Waals surface area contributed by atoms with Gasteiger partial charge in [-0.1, -0.05) is 30.0 Å². The van der Waals surface area contributed by atoms with Crippen molar-refractivity contribution in [1.29, 1.82) is 0 Å². The van der Waals surface area contributed by atoms with Crippen molar-refractivity contribution in [1.82, 2.24) is 9.97 Å². The Morgan fingerprint density at radius 3 is 2.61 bits per heavy atom. The molecular formula is C21H16F2N4O3S. The summed E-state index contributed by atoms with van der Waals surface area (Å²) >= 11 is 1.10. The van der Waals surface area contributed by atoms with Gasteiger partial charge in [-0.25, -0.2) is 13.8 Å². The van der Waals surface area contributed by atoms with Crippen molar-refractivity contribution in [2.24, 2.45) is 0 Å². The van der Waals surface area contributed by atoms with Gasteiger partial charge in [0.15, 0.2) is 5.16 Å². The Kier molecular flexibility index (Phi) is 5.81. The van der Waals surface area contributed by atoms with Crippen molar-refractivity contribution in [2.75, 3.05) is 10.6 Å². The lowest BCUT2D eigenvalue weighted by atomic mass is 9.92. The molecule has 0 spiro atoms. The van der Waals surface area contributed by atoms with Crippen LogP contribution in [0.3, 0.4) is 0 Å². The molecule has 4 rings (SSSR count). The van der Waals surface area contributed by atoms with Crippen molar-refractivity contribution in [3.63, 3.8) is 0 Å². The maximum Gasteiger partial charge on any atom is 0.257 e. The Balaban J connectivity index is 1.58. The van der Waals surface area contributed by atoms with E-state index in [0.717, 1.165) is 11.8 Å². The van der Waals surface area contributed by atoms with E-state index in [-0.39, 0.29) is 34.5 Å². The van der Waals surface area contributed by atoms with Crippen LogP contribution in [0.1, 0.15) is 23.5 Å². The van der Waals surface area contributed by atoms with E-state index in [2.05, 4.69) is 20.6 Å². The Bertz CT molecular complexity index is 1210. The zero-order chi connectivity index (χ0) is 22.0. The summed E-state index contributed by atoms with van der Waals surface area (Å²) in [7, 11) is 0. The SMILES string of the molecule is O=C1C[C@H](C(=O)Nc2ccc(F)cc2)c2c(nc(SCc3ccccc3F)[nH]c2=O)N1. The first-order chi connectivity index (χ1) is 14.9. The lowest BCUT2D eigenvalue weighted by Crippen LogP contribution is -2.36. The molecule has 3 N–H and O–H groups in total. The highest BCUT2D eigenvalue weighted by Crippen LogP contribution is 2.31. The highest BCUT2D eigenvalue weighted by molar-refractivity contribution is 7.98. The number of hydrogen-bond acceptors (Lipinski definition) is 5. The molecule has 1 aliphatic rings. The average Bonchev–Trinajstić information content (AvgIpc) is 2.74. The van der Waals surface area contributed by atoms with E-state index < -0.39 is 29.1 Å². The van der Waals surface area contributed by atoms with Crippen LogP contribution < -0.4 is 16.2 Å². The topological polar surface area (TPSA) is 104 Å². The van der Waals surface area contributed by atoms with Crippen LogP contribution >= 0.6 is 11.8 Å². The first-order valence-electron chi connectivity index (χ1n) is 9.27. The van der Waals surface area contributed by atoms with E-state index in [4.69, 9.17) is 0 Å². The summed E-state index contributed by atoms with van der Waals surface area (Å²) in [4.78, 5) is 44.4. The molecule has 2 heterocycles. The number of H-pyrrole nitrogens is 1. The molecule has 1 aromatic heterocycles. The maximum absolute atomic E-state index is 13.8. The van der Waals surface area contributed by atoms with Crippen LogP contribution in [0.2, 0.25) is 0 Å². The number of fused-ring (bicyclic) bond motifs is 1. The Labute approximate surface area is 179 Å². The molecule has 31 heavy (non-hydrogen) atoms. The maximum atomic E-state index is 13.8. The average molecular weight is 442 g/mol. The number of thioether (sulfide) groups is 1. The fourth-order valence-electron chi connectivity index (χ4n) is 3.17. The second kappa shape index (κ2) is 8.68. The van der Waals surface area contributed by atoms with E-state index in [1.807, 2.05) is 0 Å². The van der Waals surface area contributed by atoms with E-state index in [1.54, 1.807) is 18.2 Å². The zero-order valence-corrected chi connectivity index (χ0v) is 16.8. The van der Waals surface area contributed by atoms with Crippen LogP contribution in [0.15, 0.2) is 58.5 Å². The number of halogens is 2. The minimum Gasteiger partial charge on any atom is -0.326 e. The number of nitrogens with zero attached hydrogens (tertiary/aromatic N) is 1. The number of aromatic nitrogens is 2. The van der Waals surface area contributed by atoms with Gasteiger partial charge in [0.25, 0.3) is 5.56 Å². The highest BCUT2D eigenvalue weighted by atomic mass is 32.2. The summed E-state index contributed by atoms with van der Waals surface area (Å²) in [6.45, 7) is 0. The normalized spacial score (nSPS) is 15.2. The number of amides is 2. The minimum atomic E-state index is -1.06. The van der Waals surface area contributed by atoms with Crippen LogP contribution in [-0.2, 0) is 15.3 Å². The number of benzene rings is 2. The van der Waals surface area contributed by atoms with Gasteiger partial charge in [-0.2, -0.15) is 0 Å². The predicted molar refractivity (Wildman–Crippen MR) is 112 cm³/mol. The van der Waals surface area contributed by atoms with Crippen LogP contribution in [0.5, 0.6) is 0 Å². The first-order valence-corrected chi connectivity index (χ1v) is 10.3. The van der Waals surface area contributed by atoms with Gasteiger partial charge in [-0.3, -0.25) is 14.4 Å². The highest BCUT2D eigenvalue weighted by Gasteiger charge is 2.34. The van der Waals surface area contributed by atoms with Gasteiger partial charge in [0.1, 0.15) is 17.5 Å². The molecular weight excluding hydrogens is 426 g/mol. The molecule has 0 unspecified atom stereocenters. The van der Waals surface area contributed by atoms with Crippen molar-refractivity contribution in [2.45, 2.75) is 23.2 Å². The van der Waals surface area contributed by atoms with E-state index in [1.165, 1.54) is 30.3 Å². The largest absolute Gasteiger partial charge is 0.326 e. The molecule has 158 valence electrons. The second-order valence-electron chi connectivity index (χ2n) is 6.81. The summed E-state index contributed by atoms with van der Waals surface area (Å²) in [6, 6.07) is 11.4. The second-order valence-corrected chi connectivity index (χ2v) is 7.78. The third-order valence-electron chi connectivity index (χ3n) is 4.68. The molecule has 0 aliphatic carbocycles. The Morgan fingerprint density at radius 2 is 1.87 bits per heavy atom. The fourth-order valence-corrected chi connectivity index (χ4v) is 4.01. The fraction of sp³-hybridized carbons (Fsp3) is 0.143. The number of nitrogens with one attached hydrogen (secondary N) is 3. The molecule has 0 bridgehead atoms. The number of aromatic amines is 1. The quantitative estimate of drug-likeness (QED) is 0.415. The summed E-state index contributed by atoms with van der Waals surface area (Å²) in [5.74, 6) is -2.72. The molecule has 10 heteroatoms. The van der Waals surface area contributed by atoms with Crippen molar-refractivity contribution in [3.05, 3.63) is 81.6 Å². The molecule has 0 saturated carbocycles. The molecule has 3 aromatic rings. The molecule has 0 radical (unpaired) electrons.